The van der Waals surface area contributed by atoms with Crippen molar-refractivity contribution in [3.63, 3.8) is 0 Å². The van der Waals surface area contributed by atoms with Crippen LogP contribution in [0.5, 0.6) is 5.75 Å². The van der Waals surface area contributed by atoms with Crippen molar-refractivity contribution in [3.05, 3.63) is 53.1 Å². The second kappa shape index (κ2) is 2.95. The molecule has 78 valence electrons. The van der Waals surface area contributed by atoms with E-state index in [2.05, 4.69) is 0 Å². The van der Waals surface area contributed by atoms with E-state index in [-0.39, 0.29) is 11.5 Å². The number of fused-ring (bicyclic) bond motifs is 3. The zero-order valence-electron chi connectivity index (χ0n) is 8.82. The number of aromatic hydroxyl groups is 1. The maximum Gasteiger partial charge on any atom is 0.194 e. The van der Waals surface area contributed by atoms with Crippen molar-refractivity contribution in [1.29, 1.82) is 0 Å². The Morgan fingerprint density at radius 1 is 0.875 bits per heavy atom. The van der Waals surface area contributed by atoms with E-state index in [9.17, 15) is 9.90 Å². The number of aryl methyl sites for hydroxylation is 1. The van der Waals surface area contributed by atoms with Gasteiger partial charge in [0.05, 0.1) is 0 Å². The van der Waals surface area contributed by atoms with Gasteiger partial charge in [0.1, 0.15) is 5.75 Å². The molecule has 0 fully saturated rings. The highest BCUT2D eigenvalue weighted by Gasteiger charge is 2.26. The molecule has 2 heteroatoms. The summed E-state index contributed by atoms with van der Waals surface area (Å²) in [6.45, 7) is 1.97. The molecule has 2 nitrogen and oxygen atoms in total. The molecule has 0 saturated heterocycles. The fourth-order valence-electron chi connectivity index (χ4n) is 2.18. The van der Waals surface area contributed by atoms with Crippen LogP contribution in [0.3, 0.4) is 0 Å². The number of carbonyl (C=O) groups is 1. The molecule has 0 atom stereocenters. The van der Waals surface area contributed by atoms with Crippen LogP contribution in [0.4, 0.5) is 0 Å². The van der Waals surface area contributed by atoms with E-state index < -0.39 is 0 Å². The molecule has 0 aliphatic heterocycles. The molecule has 0 bridgehead atoms. The third-order valence-electron chi connectivity index (χ3n) is 2.96. The van der Waals surface area contributed by atoms with Crippen molar-refractivity contribution in [2.45, 2.75) is 6.92 Å². The number of carbonyl (C=O) groups excluding carboxylic acids is 1. The van der Waals surface area contributed by atoms with E-state index in [1.165, 1.54) is 6.07 Å². The second-order valence-corrected chi connectivity index (χ2v) is 4.11. The van der Waals surface area contributed by atoms with Gasteiger partial charge in [0, 0.05) is 11.1 Å². The van der Waals surface area contributed by atoms with Crippen LogP contribution < -0.4 is 0 Å². The maximum atomic E-state index is 12.1. The smallest absolute Gasteiger partial charge is 0.194 e. The van der Waals surface area contributed by atoms with Crippen LogP contribution in [0.1, 0.15) is 21.5 Å². The fraction of sp³-hybridized carbons (Fsp3) is 0.0714. The topological polar surface area (TPSA) is 37.3 Å². The van der Waals surface area contributed by atoms with Gasteiger partial charge < -0.3 is 5.11 Å². The van der Waals surface area contributed by atoms with Gasteiger partial charge in [-0.05, 0) is 42.3 Å². The number of hydrogen-bond donors (Lipinski definition) is 1. The Bertz CT molecular complexity index is 559. The van der Waals surface area contributed by atoms with Crippen LogP contribution in [0, 0.1) is 6.92 Å². The van der Waals surface area contributed by atoms with Gasteiger partial charge in [-0.2, -0.15) is 0 Å². The number of rotatable bonds is 0. The normalized spacial score (nSPS) is 12.4. The Hall–Kier alpha value is -2.09. The Morgan fingerprint density at radius 3 is 2.25 bits per heavy atom. The Balaban J connectivity index is 2.34. The summed E-state index contributed by atoms with van der Waals surface area (Å²) in [6, 6.07) is 10.8. The molecule has 0 amide bonds. The van der Waals surface area contributed by atoms with Crippen molar-refractivity contribution in [2.24, 2.45) is 0 Å². The van der Waals surface area contributed by atoms with Gasteiger partial charge in [-0.1, -0.05) is 17.7 Å². The van der Waals surface area contributed by atoms with E-state index in [4.69, 9.17) is 0 Å². The third kappa shape index (κ3) is 1.10. The van der Waals surface area contributed by atoms with E-state index in [1.54, 1.807) is 12.1 Å². The van der Waals surface area contributed by atoms with E-state index in [1.807, 2.05) is 25.1 Å². The van der Waals surface area contributed by atoms with E-state index in [0.29, 0.717) is 5.56 Å². The summed E-state index contributed by atoms with van der Waals surface area (Å²) in [5, 5.41) is 9.40. The summed E-state index contributed by atoms with van der Waals surface area (Å²) in [4.78, 5) is 12.1. The Kier molecular flexibility index (Phi) is 1.69. The summed E-state index contributed by atoms with van der Waals surface area (Å²) >= 11 is 0. The lowest BCUT2D eigenvalue weighted by atomic mass is 10.0. The zero-order valence-corrected chi connectivity index (χ0v) is 8.82. The predicted molar refractivity (Wildman–Crippen MR) is 61.7 cm³/mol. The molecule has 1 aliphatic rings. The molecule has 3 rings (SSSR count). The number of hydrogen-bond acceptors (Lipinski definition) is 2. The molecule has 1 N–H and O–H groups in total. The van der Waals surface area contributed by atoms with Crippen LogP contribution in [0.25, 0.3) is 11.1 Å². The average Bonchev–Trinajstić information content (AvgIpc) is 2.53. The molecular formula is C14H10O2. The first-order chi connectivity index (χ1) is 7.66. The largest absolute Gasteiger partial charge is 0.508 e. The summed E-state index contributed by atoms with van der Waals surface area (Å²) in [6.07, 6.45) is 0. The minimum atomic E-state index is 0.00426. The Labute approximate surface area is 93.2 Å². The van der Waals surface area contributed by atoms with Gasteiger partial charge in [0.15, 0.2) is 5.78 Å². The maximum absolute atomic E-state index is 12.1. The minimum Gasteiger partial charge on any atom is -0.508 e. The first kappa shape index (κ1) is 9.16. The molecular weight excluding hydrogens is 200 g/mol. The van der Waals surface area contributed by atoms with Gasteiger partial charge in [0.25, 0.3) is 0 Å². The molecule has 0 unspecified atom stereocenters. The van der Waals surface area contributed by atoms with Crippen molar-refractivity contribution >= 4 is 5.78 Å². The lowest BCUT2D eigenvalue weighted by Crippen LogP contribution is -1.94. The Morgan fingerprint density at radius 2 is 1.50 bits per heavy atom. The van der Waals surface area contributed by atoms with Gasteiger partial charge in [-0.15, -0.1) is 0 Å². The van der Waals surface area contributed by atoms with Crippen LogP contribution in [0.15, 0.2) is 36.4 Å². The number of phenols is 1. The lowest BCUT2D eigenvalue weighted by molar-refractivity contribution is 0.104. The molecule has 0 radical (unpaired) electrons. The summed E-state index contributed by atoms with van der Waals surface area (Å²) in [5.41, 5.74) is 4.29. The van der Waals surface area contributed by atoms with Crippen LogP contribution in [-0.4, -0.2) is 10.9 Å². The van der Waals surface area contributed by atoms with Gasteiger partial charge in [-0.3, -0.25) is 4.79 Å². The molecule has 2 aromatic carbocycles. The van der Waals surface area contributed by atoms with E-state index in [0.717, 1.165) is 22.3 Å². The first-order valence-corrected chi connectivity index (χ1v) is 5.15. The highest BCUT2D eigenvalue weighted by Crippen LogP contribution is 2.38. The highest BCUT2D eigenvalue weighted by molar-refractivity contribution is 6.21. The van der Waals surface area contributed by atoms with Crippen molar-refractivity contribution < 1.29 is 9.90 Å². The van der Waals surface area contributed by atoms with E-state index >= 15 is 0 Å². The molecule has 16 heavy (non-hydrogen) atoms. The number of benzene rings is 2. The zero-order chi connectivity index (χ0) is 11.3. The number of phenolic OH excluding ortho intramolecular Hbond substituents is 1. The monoisotopic (exact) mass is 210 g/mol. The molecule has 2 aromatic rings. The molecule has 0 saturated carbocycles. The molecule has 0 spiro atoms. The molecule has 0 aromatic heterocycles. The van der Waals surface area contributed by atoms with Gasteiger partial charge in [0.2, 0.25) is 0 Å². The van der Waals surface area contributed by atoms with Crippen LogP contribution in [-0.2, 0) is 0 Å². The minimum absolute atomic E-state index is 0.00426. The SMILES string of the molecule is Cc1ccc2c(c1)C(=O)c1cc(O)ccc1-2. The molecule has 1 aliphatic carbocycles. The standard InChI is InChI=1S/C14H10O2/c1-8-2-4-10-11-5-3-9(15)7-13(11)14(16)12(10)6-8/h2-7,15H,1H3. The quantitative estimate of drug-likeness (QED) is 0.619. The number of ketones is 1. The second-order valence-electron chi connectivity index (χ2n) is 4.11. The highest BCUT2D eigenvalue weighted by atomic mass is 16.3. The van der Waals surface area contributed by atoms with Crippen molar-refractivity contribution in [2.75, 3.05) is 0 Å². The summed E-state index contributed by atoms with van der Waals surface area (Å²) in [7, 11) is 0. The van der Waals surface area contributed by atoms with Gasteiger partial charge >= 0.3 is 0 Å². The lowest BCUT2D eigenvalue weighted by Gasteiger charge is -2.00. The predicted octanol–water partition coefficient (Wildman–Crippen LogP) is 2.91. The molecule has 0 heterocycles. The van der Waals surface area contributed by atoms with Crippen molar-refractivity contribution in [3.8, 4) is 16.9 Å². The van der Waals surface area contributed by atoms with Gasteiger partial charge in [-0.25, -0.2) is 0 Å². The van der Waals surface area contributed by atoms with Crippen molar-refractivity contribution in [1.82, 2.24) is 0 Å². The fourth-order valence-corrected chi connectivity index (χ4v) is 2.18. The van der Waals surface area contributed by atoms with Crippen LogP contribution in [0.2, 0.25) is 0 Å². The third-order valence-corrected chi connectivity index (χ3v) is 2.96. The first-order valence-electron chi connectivity index (χ1n) is 5.15. The summed E-state index contributed by atoms with van der Waals surface area (Å²) in [5.74, 6) is 0.140. The summed E-state index contributed by atoms with van der Waals surface area (Å²) < 4.78 is 0. The van der Waals surface area contributed by atoms with Crippen LogP contribution >= 0.6 is 0 Å². The average molecular weight is 210 g/mol.